The largest absolute Gasteiger partial charge is 0.493 e. The van der Waals surface area contributed by atoms with Gasteiger partial charge in [0, 0.05) is 6.21 Å². The summed E-state index contributed by atoms with van der Waals surface area (Å²) in [5.41, 5.74) is 2.54. The molecule has 5 nitrogen and oxygen atoms in total. The number of para-hydroxylation sites is 1. The first-order chi connectivity index (χ1) is 13.0. The Balaban J connectivity index is 1.84. The molecule has 0 fully saturated rings. The molecule has 0 radical (unpaired) electrons. The second-order valence-corrected chi connectivity index (χ2v) is 7.40. The van der Waals surface area contributed by atoms with E-state index in [1.807, 2.05) is 37.3 Å². The van der Waals surface area contributed by atoms with Crippen LogP contribution in [0.3, 0.4) is 0 Å². The maximum absolute atomic E-state index is 12.5. The zero-order valence-corrected chi connectivity index (χ0v) is 15.8. The Kier molecular flexibility index (Phi) is 5.57. The molecule has 0 heterocycles. The molecule has 0 amide bonds. The van der Waals surface area contributed by atoms with E-state index in [9.17, 15) is 8.42 Å². The van der Waals surface area contributed by atoms with Crippen molar-refractivity contribution in [2.75, 3.05) is 7.11 Å². The Bertz CT molecular complexity index is 1040. The first-order valence-electron chi connectivity index (χ1n) is 8.26. The molecule has 0 unspecified atom stereocenters. The molecular weight excluding hydrogens is 362 g/mol. The molecule has 0 saturated carbocycles. The number of aryl methyl sites for hydroxylation is 1. The first-order valence-corrected chi connectivity index (χ1v) is 9.67. The second-order valence-electron chi connectivity index (χ2n) is 5.85. The van der Waals surface area contributed by atoms with Crippen LogP contribution in [0.15, 0.2) is 82.7 Å². The Morgan fingerprint density at radius 2 is 1.59 bits per heavy atom. The van der Waals surface area contributed by atoms with Gasteiger partial charge in [0.1, 0.15) is 4.90 Å². The minimum absolute atomic E-state index is 0.0878. The molecule has 0 aromatic heterocycles. The number of rotatable bonds is 6. The summed E-state index contributed by atoms with van der Waals surface area (Å²) in [4.78, 5) is 4.46. The van der Waals surface area contributed by atoms with Crippen molar-refractivity contribution in [3.8, 4) is 11.5 Å². The summed E-state index contributed by atoms with van der Waals surface area (Å²) in [6, 6.07) is 20.9. The number of ether oxygens (including phenoxy) is 1. The van der Waals surface area contributed by atoms with Crippen molar-refractivity contribution in [1.29, 1.82) is 0 Å². The molecular formula is C21H19NO4S. The van der Waals surface area contributed by atoms with E-state index in [4.69, 9.17) is 8.92 Å². The second kappa shape index (κ2) is 8.05. The fraction of sp³-hybridized carbons (Fsp3) is 0.0952. The maximum Gasteiger partial charge on any atom is 0.339 e. The fourth-order valence-corrected chi connectivity index (χ4v) is 3.31. The normalized spacial score (nSPS) is 11.5. The molecule has 0 saturated heterocycles. The summed E-state index contributed by atoms with van der Waals surface area (Å²) in [7, 11) is -2.49. The lowest BCUT2D eigenvalue weighted by molar-refractivity contribution is 0.390. The van der Waals surface area contributed by atoms with Crippen LogP contribution in [0.1, 0.15) is 11.1 Å². The third kappa shape index (κ3) is 4.74. The van der Waals surface area contributed by atoms with Crippen LogP contribution in [0.25, 0.3) is 0 Å². The lowest BCUT2D eigenvalue weighted by Gasteiger charge is -2.11. The number of hydrogen-bond donors (Lipinski definition) is 0. The highest BCUT2D eigenvalue weighted by Crippen LogP contribution is 2.30. The third-order valence-corrected chi connectivity index (χ3v) is 5.06. The number of methoxy groups -OCH3 is 1. The van der Waals surface area contributed by atoms with Crippen molar-refractivity contribution in [3.63, 3.8) is 0 Å². The van der Waals surface area contributed by atoms with Crippen molar-refractivity contribution in [3.05, 3.63) is 83.9 Å². The van der Waals surface area contributed by atoms with E-state index in [-0.39, 0.29) is 10.6 Å². The Morgan fingerprint density at radius 1 is 0.889 bits per heavy atom. The molecule has 0 bridgehead atoms. The van der Waals surface area contributed by atoms with Gasteiger partial charge in [-0.25, -0.2) is 0 Å². The zero-order chi connectivity index (χ0) is 19.3. The van der Waals surface area contributed by atoms with Gasteiger partial charge in [0.25, 0.3) is 0 Å². The summed E-state index contributed by atoms with van der Waals surface area (Å²) in [6.07, 6.45) is 1.68. The quantitative estimate of drug-likeness (QED) is 0.465. The van der Waals surface area contributed by atoms with Crippen LogP contribution in [-0.2, 0) is 10.1 Å². The standard InChI is InChI=1S/C21H19NO4S/c1-16-8-11-19(12-9-16)27(23,24)26-20-13-10-17(14-21(20)25-2)15-22-18-6-4-3-5-7-18/h3-15H,1-2H3. The third-order valence-electron chi connectivity index (χ3n) is 3.82. The van der Waals surface area contributed by atoms with Crippen LogP contribution in [-0.4, -0.2) is 21.7 Å². The summed E-state index contributed by atoms with van der Waals surface area (Å²) >= 11 is 0. The van der Waals surface area contributed by atoms with E-state index in [1.165, 1.54) is 19.2 Å². The molecule has 0 aliphatic rings. The number of benzene rings is 3. The number of nitrogens with zero attached hydrogens (tertiary/aromatic N) is 1. The lowest BCUT2D eigenvalue weighted by atomic mass is 10.2. The van der Waals surface area contributed by atoms with Gasteiger partial charge in [0.15, 0.2) is 11.5 Å². The van der Waals surface area contributed by atoms with E-state index in [2.05, 4.69) is 4.99 Å². The predicted octanol–water partition coefficient (Wildman–Crippen LogP) is 4.52. The molecule has 3 aromatic carbocycles. The fourth-order valence-electron chi connectivity index (χ4n) is 2.37. The highest BCUT2D eigenvalue weighted by Gasteiger charge is 2.19. The monoisotopic (exact) mass is 381 g/mol. The SMILES string of the molecule is COc1cc(C=Nc2ccccc2)ccc1OS(=O)(=O)c1ccc(C)cc1. The average molecular weight is 381 g/mol. The van der Waals surface area contributed by atoms with Gasteiger partial charge in [-0.15, -0.1) is 0 Å². The summed E-state index contributed by atoms with van der Waals surface area (Å²) in [6.45, 7) is 1.88. The van der Waals surface area contributed by atoms with Crippen LogP contribution < -0.4 is 8.92 Å². The minimum Gasteiger partial charge on any atom is -0.493 e. The molecule has 0 aliphatic carbocycles. The minimum atomic E-state index is -3.94. The Hall–Kier alpha value is -3.12. The van der Waals surface area contributed by atoms with Crippen LogP contribution in [0.2, 0.25) is 0 Å². The molecule has 3 rings (SSSR count). The van der Waals surface area contributed by atoms with Gasteiger partial charge in [-0.3, -0.25) is 4.99 Å². The zero-order valence-electron chi connectivity index (χ0n) is 15.0. The first kappa shape index (κ1) is 18.7. The lowest BCUT2D eigenvalue weighted by Crippen LogP contribution is -2.10. The van der Waals surface area contributed by atoms with E-state index in [0.29, 0.717) is 5.75 Å². The summed E-state index contributed by atoms with van der Waals surface area (Å²) in [5.74, 6) is 0.428. The van der Waals surface area contributed by atoms with Crippen molar-refractivity contribution >= 4 is 22.0 Å². The molecule has 0 atom stereocenters. The topological polar surface area (TPSA) is 65.0 Å². The van der Waals surface area contributed by atoms with Gasteiger partial charge in [-0.2, -0.15) is 8.42 Å². The number of aliphatic imine (C=N–C) groups is 1. The Labute approximate surface area is 159 Å². The van der Waals surface area contributed by atoms with E-state index < -0.39 is 10.1 Å². The molecule has 3 aromatic rings. The molecule has 27 heavy (non-hydrogen) atoms. The molecule has 6 heteroatoms. The maximum atomic E-state index is 12.5. The molecule has 138 valence electrons. The number of hydrogen-bond acceptors (Lipinski definition) is 5. The highest BCUT2D eigenvalue weighted by atomic mass is 32.2. The van der Waals surface area contributed by atoms with E-state index in [1.54, 1.807) is 36.5 Å². The van der Waals surface area contributed by atoms with Gasteiger partial charge in [-0.05, 0) is 55.0 Å². The summed E-state index contributed by atoms with van der Waals surface area (Å²) < 4.78 is 35.5. The van der Waals surface area contributed by atoms with Crippen LogP contribution in [0, 0.1) is 6.92 Å². The van der Waals surface area contributed by atoms with E-state index in [0.717, 1.165) is 16.8 Å². The van der Waals surface area contributed by atoms with Crippen molar-refractivity contribution < 1.29 is 17.3 Å². The predicted molar refractivity (Wildman–Crippen MR) is 106 cm³/mol. The van der Waals surface area contributed by atoms with Gasteiger partial charge in [-0.1, -0.05) is 35.9 Å². The van der Waals surface area contributed by atoms with E-state index >= 15 is 0 Å². The molecule has 0 aliphatic heterocycles. The van der Waals surface area contributed by atoms with Crippen LogP contribution in [0.4, 0.5) is 5.69 Å². The van der Waals surface area contributed by atoms with Gasteiger partial charge in [0.05, 0.1) is 12.8 Å². The van der Waals surface area contributed by atoms with Gasteiger partial charge < -0.3 is 8.92 Å². The average Bonchev–Trinajstić information content (AvgIpc) is 2.68. The van der Waals surface area contributed by atoms with Crippen molar-refractivity contribution in [2.45, 2.75) is 11.8 Å². The Morgan fingerprint density at radius 3 is 2.26 bits per heavy atom. The smallest absolute Gasteiger partial charge is 0.339 e. The van der Waals surface area contributed by atoms with Crippen molar-refractivity contribution in [1.82, 2.24) is 0 Å². The van der Waals surface area contributed by atoms with Crippen LogP contribution >= 0.6 is 0 Å². The van der Waals surface area contributed by atoms with Gasteiger partial charge >= 0.3 is 10.1 Å². The van der Waals surface area contributed by atoms with Crippen LogP contribution in [0.5, 0.6) is 11.5 Å². The molecule has 0 N–H and O–H groups in total. The molecule has 0 spiro atoms. The highest BCUT2D eigenvalue weighted by molar-refractivity contribution is 7.87. The van der Waals surface area contributed by atoms with Gasteiger partial charge in [0.2, 0.25) is 0 Å². The summed E-state index contributed by atoms with van der Waals surface area (Å²) in [5, 5.41) is 0. The van der Waals surface area contributed by atoms with Crippen molar-refractivity contribution in [2.24, 2.45) is 4.99 Å².